The first-order valence-corrected chi connectivity index (χ1v) is 7.13. The Labute approximate surface area is 124 Å². The Kier molecular flexibility index (Phi) is 4.41. The van der Waals surface area contributed by atoms with E-state index < -0.39 is 5.97 Å². The van der Waals surface area contributed by atoms with E-state index in [4.69, 9.17) is 10.8 Å². The zero-order chi connectivity index (χ0) is 14.0. The normalized spacial score (nSPS) is 15.9. The molecule has 0 bridgehead atoms. The van der Waals surface area contributed by atoms with Gasteiger partial charge in [-0.15, -0.1) is 0 Å². The van der Waals surface area contributed by atoms with Crippen LogP contribution in [0.3, 0.4) is 0 Å². The molecule has 1 aliphatic carbocycles. The molecule has 6 heteroatoms. The maximum Gasteiger partial charge on any atom is 0.337 e. The van der Waals surface area contributed by atoms with Gasteiger partial charge in [0.1, 0.15) is 0 Å². The number of carbonyl (C=O) groups excluding carboxylic acids is 1. The number of benzene rings is 1. The zero-order valence-electron chi connectivity index (χ0n) is 10.2. The molecule has 0 aromatic heterocycles. The number of halogens is 1. The van der Waals surface area contributed by atoms with Gasteiger partial charge in [-0.05, 0) is 59.5 Å². The monoisotopic (exact) mass is 374 g/mol. The third-order valence-corrected chi connectivity index (χ3v) is 3.81. The number of nitrogens with two attached hydrogens (primary N) is 1. The third-order valence-electron chi connectivity index (χ3n) is 3.13. The Bertz CT molecular complexity index is 515. The van der Waals surface area contributed by atoms with Crippen molar-refractivity contribution in [3.05, 3.63) is 27.3 Å². The highest BCUT2D eigenvalue weighted by molar-refractivity contribution is 14.1. The van der Waals surface area contributed by atoms with Crippen LogP contribution in [0.5, 0.6) is 0 Å². The van der Waals surface area contributed by atoms with Crippen LogP contribution in [-0.4, -0.2) is 23.0 Å². The summed E-state index contributed by atoms with van der Waals surface area (Å²) in [5, 5.41) is 11.7. The van der Waals surface area contributed by atoms with Gasteiger partial charge in [-0.2, -0.15) is 0 Å². The lowest BCUT2D eigenvalue weighted by molar-refractivity contribution is -0.116. The van der Waals surface area contributed by atoms with Crippen LogP contribution >= 0.6 is 22.6 Å². The van der Waals surface area contributed by atoms with Gasteiger partial charge in [-0.3, -0.25) is 4.79 Å². The van der Waals surface area contributed by atoms with Gasteiger partial charge < -0.3 is 16.2 Å². The van der Waals surface area contributed by atoms with Crippen molar-refractivity contribution in [1.29, 1.82) is 0 Å². The summed E-state index contributed by atoms with van der Waals surface area (Å²) in [7, 11) is 0. The SMILES string of the molecule is NC(CC(=O)Nc1ccc(I)cc1C(=O)O)C1CC1. The Hall–Kier alpha value is -1.15. The summed E-state index contributed by atoms with van der Waals surface area (Å²) in [4.78, 5) is 22.9. The van der Waals surface area contributed by atoms with Crippen molar-refractivity contribution in [2.45, 2.75) is 25.3 Å². The van der Waals surface area contributed by atoms with Crippen molar-refractivity contribution in [3.8, 4) is 0 Å². The van der Waals surface area contributed by atoms with Gasteiger partial charge in [0.05, 0.1) is 11.3 Å². The predicted octanol–water partition coefficient (Wildman–Crippen LogP) is 2.06. The van der Waals surface area contributed by atoms with Crippen LogP contribution in [0.4, 0.5) is 5.69 Å². The lowest BCUT2D eigenvalue weighted by Gasteiger charge is -2.12. The molecule has 1 aliphatic rings. The summed E-state index contributed by atoms with van der Waals surface area (Å²) in [5.41, 5.74) is 6.29. The van der Waals surface area contributed by atoms with E-state index in [0.717, 1.165) is 16.4 Å². The van der Waals surface area contributed by atoms with Crippen LogP contribution in [0, 0.1) is 9.49 Å². The first kappa shape index (κ1) is 14.3. The van der Waals surface area contributed by atoms with Crippen molar-refractivity contribution < 1.29 is 14.7 Å². The number of rotatable bonds is 5. The van der Waals surface area contributed by atoms with Crippen molar-refractivity contribution in [2.24, 2.45) is 11.7 Å². The van der Waals surface area contributed by atoms with Gasteiger partial charge in [0.2, 0.25) is 5.91 Å². The second-order valence-corrected chi connectivity index (χ2v) is 5.99. The molecule has 102 valence electrons. The second kappa shape index (κ2) is 5.87. The molecular formula is C13H15IN2O3. The van der Waals surface area contributed by atoms with Crippen LogP contribution < -0.4 is 11.1 Å². The minimum atomic E-state index is -1.06. The zero-order valence-corrected chi connectivity index (χ0v) is 12.4. The minimum Gasteiger partial charge on any atom is -0.478 e. The van der Waals surface area contributed by atoms with Gasteiger partial charge in [-0.25, -0.2) is 4.79 Å². The molecule has 2 rings (SSSR count). The molecular weight excluding hydrogens is 359 g/mol. The molecule has 0 heterocycles. The van der Waals surface area contributed by atoms with Crippen molar-refractivity contribution in [2.75, 3.05) is 5.32 Å². The van der Waals surface area contributed by atoms with Crippen LogP contribution in [0.1, 0.15) is 29.6 Å². The van der Waals surface area contributed by atoms with E-state index in [2.05, 4.69) is 5.32 Å². The van der Waals surface area contributed by atoms with Crippen LogP contribution in [-0.2, 0) is 4.79 Å². The van der Waals surface area contributed by atoms with Crippen LogP contribution in [0.15, 0.2) is 18.2 Å². The first-order valence-electron chi connectivity index (χ1n) is 6.05. The van der Waals surface area contributed by atoms with E-state index in [1.54, 1.807) is 12.1 Å². The molecule has 5 nitrogen and oxygen atoms in total. The summed E-state index contributed by atoms with van der Waals surface area (Å²) in [6, 6.07) is 4.76. The number of carboxylic acid groups (broad SMARTS) is 1. The molecule has 0 spiro atoms. The number of nitrogens with one attached hydrogen (secondary N) is 1. The summed E-state index contributed by atoms with van der Waals surface area (Å²) in [6.45, 7) is 0. The molecule has 0 aliphatic heterocycles. The van der Waals surface area contributed by atoms with Gasteiger partial charge in [0.25, 0.3) is 0 Å². The lowest BCUT2D eigenvalue weighted by atomic mass is 10.1. The minimum absolute atomic E-state index is 0.0974. The quantitative estimate of drug-likeness (QED) is 0.688. The highest BCUT2D eigenvalue weighted by Gasteiger charge is 2.30. The van der Waals surface area contributed by atoms with Crippen LogP contribution in [0.25, 0.3) is 0 Å². The number of amides is 1. The third kappa shape index (κ3) is 3.90. The number of anilines is 1. The van der Waals surface area contributed by atoms with E-state index in [-0.39, 0.29) is 23.9 Å². The summed E-state index contributed by atoms with van der Waals surface area (Å²) in [5.74, 6) is -0.843. The molecule has 0 radical (unpaired) electrons. The Morgan fingerprint density at radius 1 is 1.47 bits per heavy atom. The topological polar surface area (TPSA) is 92.4 Å². The highest BCUT2D eigenvalue weighted by Crippen LogP contribution is 2.33. The molecule has 1 atom stereocenters. The Balaban J connectivity index is 2.05. The van der Waals surface area contributed by atoms with E-state index in [1.165, 1.54) is 6.07 Å². The largest absolute Gasteiger partial charge is 0.478 e. The molecule has 1 aromatic rings. The van der Waals surface area contributed by atoms with E-state index in [0.29, 0.717) is 11.6 Å². The second-order valence-electron chi connectivity index (χ2n) is 4.75. The van der Waals surface area contributed by atoms with Gasteiger partial charge in [0.15, 0.2) is 0 Å². The number of aromatic carboxylic acids is 1. The molecule has 1 aromatic carbocycles. The predicted molar refractivity (Wildman–Crippen MR) is 80.1 cm³/mol. The lowest BCUT2D eigenvalue weighted by Crippen LogP contribution is -2.29. The summed E-state index contributed by atoms with van der Waals surface area (Å²) >= 11 is 2.03. The Morgan fingerprint density at radius 3 is 2.74 bits per heavy atom. The highest BCUT2D eigenvalue weighted by atomic mass is 127. The Morgan fingerprint density at radius 2 is 2.16 bits per heavy atom. The number of carbonyl (C=O) groups is 2. The first-order chi connectivity index (χ1) is 8.97. The van der Waals surface area contributed by atoms with E-state index in [9.17, 15) is 9.59 Å². The average Bonchev–Trinajstić information content (AvgIpc) is 3.15. The van der Waals surface area contributed by atoms with Gasteiger partial charge in [0, 0.05) is 16.0 Å². The molecule has 1 fully saturated rings. The van der Waals surface area contributed by atoms with Crippen molar-refractivity contribution in [1.82, 2.24) is 0 Å². The summed E-state index contributed by atoms with van der Waals surface area (Å²) in [6.07, 6.45) is 2.40. The fraction of sp³-hybridized carbons (Fsp3) is 0.385. The number of hydrogen-bond donors (Lipinski definition) is 3. The van der Waals surface area contributed by atoms with E-state index >= 15 is 0 Å². The smallest absolute Gasteiger partial charge is 0.337 e. The van der Waals surface area contributed by atoms with Gasteiger partial charge >= 0.3 is 5.97 Å². The number of hydrogen-bond acceptors (Lipinski definition) is 3. The fourth-order valence-corrected chi connectivity index (χ4v) is 2.40. The maximum absolute atomic E-state index is 11.8. The average molecular weight is 374 g/mol. The summed E-state index contributed by atoms with van der Waals surface area (Å²) < 4.78 is 0.808. The molecule has 4 N–H and O–H groups in total. The van der Waals surface area contributed by atoms with Crippen molar-refractivity contribution >= 4 is 40.2 Å². The molecule has 1 amide bonds. The van der Waals surface area contributed by atoms with Crippen molar-refractivity contribution in [3.63, 3.8) is 0 Å². The van der Waals surface area contributed by atoms with Crippen LogP contribution in [0.2, 0.25) is 0 Å². The standard InChI is InChI=1S/C13H15IN2O3/c14-8-3-4-11(9(5-8)13(18)19)16-12(17)6-10(15)7-1-2-7/h3-5,7,10H,1-2,6,15H2,(H,16,17)(H,18,19). The van der Waals surface area contributed by atoms with E-state index in [1.807, 2.05) is 22.6 Å². The molecule has 0 saturated heterocycles. The van der Waals surface area contributed by atoms with Gasteiger partial charge in [-0.1, -0.05) is 0 Å². The molecule has 19 heavy (non-hydrogen) atoms. The maximum atomic E-state index is 11.8. The fourth-order valence-electron chi connectivity index (χ4n) is 1.91. The molecule has 1 unspecified atom stereocenters. The molecule has 1 saturated carbocycles. The number of carboxylic acids is 1.